The van der Waals surface area contributed by atoms with E-state index >= 15 is 0 Å². The van der Waals surface area contributed by atoms with Gasteiger partial charge in [0, 0.05) is 12.6 Å². The maximum absolute atomic E-state index is 13.3. The molecule has 3 rings (SSSR count). The standard InChI is InChI=1S/C26H30N4O3/c1-3-5-17-29-24(27)23(25(32)28-26(29)33)30(18-21-9-7-6-8-10-21)22(31)16-15-20-13-11-19(4-2)12-14-20/h6-16H,3-5,17-18,27H2,1-2H3,(H,28,32,33)/b16-15+. The SMILES string of the molecule is CCCCn1c(N)c(N(Cc2ccccc2)C(=O)/C=C/c2ccc(CC)cc2)c(=O)[nH]c1=O. The third-order valence-corrected chi connectivity index (χ3v) is 5.48. The van der Waals surface area contributed by atoms with Crippen LogP contribution in [0.5, 0.6) is 0 Å². The van der Waals surface area contributed by atoms with Crippen molar-refractivity contribution in [3.05, 3.63) is 98.2 Å². The molecule has 0 spiro atoms. The smallest absolute Gasteiger partial charge is 0.330 e. The van der Waals surface area contributed by atoms with Gasteiger partial charge in [-0.15, -0.1) is 0 Å². The number of rotatable bonds is 9. The zero-order chi connectivity index (χ0) is 23.8. The summed E-state index contributed by atoms with van der Waals surface area (Å²) in [4.78, 5) is 42.1. The lowest BCUT2D eigenvalue weighted by Gasteiger charge is -2.23. The van der Waals surface area contributed by atoms with Gasteiger partial charge in [0.25, 0.3) is 11.5 Å². The maximum Gasteiger partial charge on any atom is 0.330 e. The average Bonchev–Trinajstić information content (AvgIpc) is 2.82. The highest BCUT2D eigenvalue weighted by molar-refractivity contribution is 6.05. The number of amides is 1. The third-order valence-electron chi connectivity index (χ3n) is 5.48. The quantitative estimate of drug-likeness (QED) is 0.489. The number of anilines is 2. The number of nitrogens with zero attached hydrogens (tertiary/aromatic N) is 2. The summed E-state index contributed by atoms with van der Waals surface area (Å²) in [5.41, 5.74) is 7.91. The molecule has 0 aliphatic carbocycles. The molecule has 0 aliphatic heterocycles. The molecule has 3 aromatic rings. The van der Waals surface area contributed by atoms with Gasteiger partial charge in [-0.1, -0.05) is 74.9 Å². The number of benzene rings is 2. The molecule has 0 atom stereocenters. The van der Waals surface area contributed by atoms with Crippen molar-refractivity contribution < 1.29 is 4.79 Å². The van der Waals surface area contributed by atoms with Gasteiger partial charge in [-0.05, 0) is 35.6 Å². The molecule has 172 valence electrons. The fourth-order valence-electron chi connectivity index (χ4n) is 3.53. The largest absolute Gasteiger partial charge is 0.383 e. The first-order valence-electron chi connectivity index (χ1n) is 11.2. The summed E-state index contributed by atoms with van der Waals surface area (Å²) in [6, 6.07) is 17.2. The van der Waals surface area contributed by atoms with Crippen molar-refractivity contribution >= 4 is 23.5 Å². The summed E-state index contributed by atoms with van der Waals surface area (Å²) < 4.78 is 1.32. The first-order valence-corrected chi connectivity index (χ1v) is 11.2. The average molecular weight is 447 g/mol. The summed E-state index contributed by atoms with van der Waals surface area (Å²) in [6.45, 7) is 4.57. The Hall–Kier alpha value is -3.87. The van der Waals surface area contributed by atoms with E-state index in [0.717, 1.165) is 30.4 Å². The van der Waals surface area contributed by atoms with E-state index in [1.54, 1.807) is 6.08 Å². The number of hydrogen-bond donors (Lipinski definition) is 2. The zero-order valence-electron chi connectivity index (χ0n) is 19.1. The molecule has 1 aromatic heterocycles. The van der Waals surface area contributed by atoms with Gasteiger partial charge in [0.15, 0.2) is 5.69 Å². The van der Waals surface area contributed by atoms with E-state index in [1.165, 1.54) is 21.1 Å². The number of unbranched alkanes of at least 4 members (excludes halogenated alkanes) is 1. The van der Waals surface area contributed by atoms with Crippen molar-refractivity contribution in [3.63, 3.8) is 0 Å². The van der Waals surface area contributed by atoms with Crippen LogP contribution in [0.3, 0.4) is 0 Å². The predicted molar refractivity (Wildman–Crippen MR) is 133 cm³/mol. The molecular weight excluding hydrogens is 416 g/mol. The Morgan fingerprint density at radius 3 is 2.36 bits per heavy atom. The molecular formula is C26H30N4O3. The van der Waals surface area contributed by atoms with E-state index in [1.807, 2.05) is 61.5 Å². The molecule has 0 aliphatic rings. The van der Waals surface area contributed by atoms with Crippen LogP contribution < -0.4 is 21.9 Å². The Balaban J connectivity index is 2.02. The van der Waals surface area contributed by atoms with E-state index in [-0.39, 0.29) is 18.1 Å². The van der Waals surface area contributed by atoms with Gasteiger partial charge in [0.2, 0.25) is 0 Å². The summed E-state index contributed by atoms with van der Waals surface area (Å²) in [5.74, 6) is -0.418. The Morgan fingerprint density at radius 1 is 1.03 bits per heavy atom. The first kappa shape index (κ1) is 23.8. The van der Waals surface area contributed by atoms with Gasteiger partial charge in [-0.25, -0.2) is 4.79 Å². The highest BCUT2D eigenvalue weighted by Crippen LogP contribution is 2.21. The van der Waals surface area contributed by atoms with Crippen LogP contribution in [0.25, 0.3) is 6.08 Å². The van der Waals surface area contributed by atoms with Crippen LogP contribution in [0.15, 0.2) is 70.3 Å². The van der Waals surface area contributed by atoms with Gasteiger partial charge in [-0.3, -0.25) is 24.0 Å². The van der Waals surface area contributed by atoms with Crippen molar-refractivity contribution in [2.45, 2.75) is 46.2 Å². The van der Waals surface area contributed by atoms with Crippen molar-refractivity contribution in [1.29, 1.82) is 0 Å². The lowest BCUT2D eigenvalue weighted by Crippen LogP contribution is -2.40. The van der Waals surface area contributed by atoms with Crippen LogP contribution in [-0.4, -0.2) is 15.5 Å². The van der Waals surface area contributed by atoms with Crippen LogP contribution in [0.2, 0.25) is 0 Å². The minimum Gasteiger partial charge on any atom is -0.383 e. The normalized spacial score (nSPS) is 11.1. The molecule has 0 unspecified atom stereocenters. The molecule has 1 amide bonds. The van der Waals surface area contributed by atoms with Crippen LogP contribution in [0.4, 0.5) is 11.5 Å². The lowest BCUT2D eigenvalue weighted by atomic mass is 10.1. The highest BCUT2D eigenvalue weighted by Gasteiger charge is 2.23. The minimum absolute atomic E-state index is 0.0119. The summed E-state index contributed by atoms with van der Waals surface area (Å²) in [5, 5.41) is 0. The predicted octanol–water partition coefficient (Wildman–Crippen LogP) is 3.73. The molecule has 0 bridgehead atoms. The van der Waals surface area contributed by atoms with Gasteiger partial charge >= 0.3 is 5.69 Å². The maximum atomic E-state index is 13.3. The van der Waals surface area contributed by atoms with Gasteiger partial charge in [-0.2, -0.15) is 0 Å². The van der Waals surface area contributed by atoms with Crippen molar-refractivity contribution in [2.24, 2.45) is 0 Å². The van der Waals surface area contributed by atoms with Gasteiger partial charge in [0.1, 0.15) is 5.82 Å². The lowest BCUT2D eigenvalue weighted by molar-refractivity contribution is -0.114. The van der Waals surface area contributed by atoms with E-state index in [2.05, 4.69) is 11.9 Å². The first-order chi connectivity index (χ1) is 15.9. The molecule has 3 N–H and O–H groups in total. The topological polar surface area (TPSA) is 101 Å². The fourth-order valence-corrected chi connectivity index (χ4v) is 3.53. The third kappa shape index (κ3) is 5.88. The van der Waals surface area contributed by atoms with E-state index in [9.17, 15) is 14.4 Å². The van der Waals surface area contributed by atoms with E-state index in [4.69, 9.17) is 5.73 Å². The van der Waals surface area contributed by atoms with E-state index < -0.39 is 17.2 Å². The summed E-state index contributed by atoms with van der Waals surface area (Å²) in [7, 11) is 0. The second-order valence-electron chi connectivity index (χ2n) is 7.84. The summed E-state index contributed by atoms with van der Waals surface area (Å²) >= 11 is 0. The van der Waals surface area contributed by atoms with Crippen LogP contribution in [0.1, 0.15) is 43.4 Å². The molecule has 0 saturated carbocycles. The zero-order valence-corrected chi connectivity index (χ0v) is 19.1. The molecule has 2 aromatic carbocycles. The molecule has 7 nitrogen and oxygen atoms in total. The number of aryl methyl sites for hydroxylation is 1. The number of hydrogen-bond acceptors (Lipinski definition) is 4. The number of nitrogen functional groups attached to an aromatic ring is 1. The number of carbonyl (C=O) groups is 1. The Labute approximate surface area is 193 Å². The Bertz CT molecular complexity index is 1230. The molecule has 0 fully saturated rings. The second-order valence-corrected chi connectivity index (χ2v) is 7.84. The Morgan fingerprint density at radius 2 is 1.73 bits per heavy atom. The van der Waals surface area contributed by atoms with Gasteiger partial charge in [0.05, 0.1) is 6.54 Å². The number of aromatic amines is 1. The molecule has 0 saturated heterocycles. The number of carbonyl (C=O) groups excluding carboxylic acids is 1. The van der Waals surface area contributed by atoms with Crippen LogP contribution in [0, 0.1) is 0 Å². The number of nitrogens with two attached hydrogens (primary N) is 1. The van der Waals surface area contributed by atoms with Gasteiger partial charge < -0.3 is 5.73 Å². The van der Waals surface area contributed by atoms with E-state index in [0.29, 0.717) is 6.54 Å². The number of aromatic nitrogens is 2. The van der Waals surface area contributed by atoms with Crippen molar-refractivity contribution in [1.82, 2.24) is 9.55 Å². The second kappa shape index (κ2) is 11.1. The Kier molecular flexibility index (Phi) is 8.02. The highest BCUT2D eigenvalue weighted by atomic mass is 16.2. The number of H-pyrrole nitrogens is 1. The molecule has 33 heavy (non-hydrogen) atoms. The minimum atomic E-state index is -0.685. The monoisotopic (exact) mass is 446 g/mol. The van der Waals surface area contributed by atoms with Crippen LogP contribution >= 0.6 is 0 Å². The molecule has 7 heteroatoms. The molecule has 1 heterocycles. The van der Waals surface area contributed by atoms with Crippen molar-refractivity contribution in [2.75, 3.05) is 10.6 Å². The number of nitrogens with one attached hydrogen (secondary N) is 1. The van der Waals surface area contributed by atoms with Crippen molar-refractivity contribution in [3.8, 4) is 0 Å². The summed E-state index contributed by atoms with van der Waals surface area (Å²) in [6.07, 6.45) is 5.63. The molecule has 0 radical (unpaired) electrons. The fraction of sp³-hybridized carbons (Fsp3) is 0.269. The van der Waals surface area contributed by atoms with Crippen LogP contribution in [-0.2, 0) is 24.3 Å².